The molecule has 0 aliphatic carbocycles. The Kier molecular flexibility index (Phi) is 4.69. The fourth-order valence-corrected chi connectivity index (χ4v) is 2.32. The molecule has 2 aromatic heterocycles. The van der Waals surface area contributed by atoms with Crippen LogP contribution in [-0.4, -0.2) is 45.8 Å². The molecule has 24 heavy (non-hydrogen) atoms. The summed E-state index contributed by atoms with van der Waals surface area (Å²) in [6, 6.07) is 10.2. The van der Waals surface area contributed by atoms with Crippen LogP contribution in [0.2, 0.25) is 0 Å². The molecule has 0 saturated heterocycles. The number of benzene rings is 1. The van der Waals surface area contributed by atoms with Gasteiger partial charge in [0.1, 0.15) is 5.82 Å². The van der Waals surface area contributed by atoms with Gasteiger partial charge >= 0.3 is 0 Å². The molecule has 2 heterocycles. The van der Waals surface area contributed by atoms with Crippen molar-refractivity contribution in [1.29, 1.82) is 0 Å². The molecular formula is C17H21N7. The molecule has 3 aromatic rings. The molecular weight excluding hydrogens is 302 g/mol. The fourth-order valence-electron chi connectivity index (χ4n) is 2.32. The fraction of sp³-hybridized carbons (Fsp3) is 0.294. The molecule has 124 valence electrons. The van der Waals surface area contributed by atoms with E-state index in [9.17, 15) is 0 Å². The van der Waals surface area contributed by atoms with Crippen LogP contribution in [0.5, 0.6) is 0 Å². The van der Waals surface area contributed by atoms with Crippen LogP contribution in [0.3, 0.4) is 0 Å². The van der Waals surface area contributed by atoms with Crippen LogP contribution >= 0.6 is 0 Å². The number of nitrogens with zero attached hydrogens (tertiary/aromatic N) is 5. The Morgan fingerprint density at radius 2 is 1.88 bits per heavy atom. The van der Waals surface area contributed by atoms with E-state index in [1.807, 2.05) is 27.1 Å². The molecule has 0 aliphatic heterocycles. The molecule has 0 aliphatic rings. The van der Waals surface area contributed by atoms with Crippen LogP contribution in [0.4, 0.5) is 11.6 Å². The number of hydrogen-bond donors (Lipinski definition) is 2. The predicted octanol–water partition coefficient (Wildman–Crippen LogP) is 2.29. The van der Waals surface area contributed by atoms with Gasteiger partial charge < -0.3 is 10.2 Å². The molecule has 7 nitrogen and oxygen atoms in total. The third kappa shape index (κ3) is 3.87. The van der Waals surface area contributed by atoms with Gasteiger partial charge in [0.25, 0.3) is 0 Å². The van der Waals surface area contributed by atoms with Gasteiger partial charge in [0.2, 0.25) is 5.95 Å². The van der Waals surface area contributed by atoms with Crippen molar-refractivity contribution in [3.05, 3.63) is 48.2 Å². The molecule has 2 N–H and O–H groups in total. The Balaban J connectivity index is 1.65. The van der Waals surface area contributed by atoms with Gasteiger partial charge in [-0.05, 0) is 25.1 Å². The number of anilines is 2. The first-order chi connectivity index (χ1) is 11.6. The summed E-state index contributed by atoms with van der Waals surface area (Å²) >= 11 is 0. The summed E-state index contributed by atoms with van der Waals surface area (Å²) in [7, 11) is 4.05. The number of aryl methyl sites for hydroxylation is 1. The number of hydrogen-bond acceptors (Lipinski definition) is 6. The molecule has 3 rings (SSSR count). The third-order valence-electron chi connectivity index (χ3n) is 3.61. The smallest absolute Gasteiger partial charge is 0.223 e. The van der Waals surface area contributed by atoms with Gasteiger partial charge in [-0.25, -0.2) is 15.0 Å². The summed E-state index contributed by atoms with van der Waals surface area (Å²) < 4.78 is 0. The maximum Gasteiger partial charge on any atom is 0.223 e. The van der Waals surface area contributed by atoms with Gasteiger partial charge in [0, 0.05) is 44.5 Å². The number of rotatable bonds is 6. The van der Waals surface area contributed by atoms with Crippen molar-refractivity contribution in [3.8, 4) is 11.3 Å². The highest BCUT2D eigenvalue weighted by Crippen LogP contribution is 2.21. The van der Waals surface area contributed by atoms with Gasteiger partial charge in [-0.15, -0.1) is 0 Å². The van der Waals surface area contributed by atoms with E-state index in [2.05, 4.69) is 59.6 Å². The average molecular weight is 323 g/mol. The molecule has 0 bridgehead atoms. The molecule has 0 atom stereocenters. The Hall–Kier alpha value is -2.96. The van der Waals surface area contributed by atoms with Crippen molar-refractivity contribution < 1.29 is 0 Å². The zero-order chi connectivity index (χ0) is 16.9. The third-order valence-corrected chi connectivity index (χ3v) is 3.61. The monoisotopic (exact) mass is 323 g/mol. The maximum absolute atomic E-state index is 4.57. The molecule has 0 saturated carbocycles. The van der Waals surface area contributed by atoms with Gasteiger partial charge in [0.05, 0.1) is 5.69 Å². The molecule has 0 amide bonds. The Morgan fingerprint density at radius 1 is 1.08 bits per heavy atom. The normalized spacial score (nSPS) is 10.6. The summed E-state index contributed by atoms with van der Waals surface area (Å²) in [6.45, 7) is 2.57. The Morgan fingerprint density at radius 3 is 2.54 bits per heavy atom. The highest BCUT2D eigenvalue weighted by atomic mass is 15.2. The SMILES string of the molecule is Cc1nc(CCNc2nccc(-c3ccc(N(C)C)cc3)n2)n[nH]1. The highest BCUT2D eigenvalue weighted by molar-refractivity contribution is 5.63. The summed E-state index contributed by atoms with van der Waals surface area (Å²) in [5.74, 6) is 2.22. The van der Waals surface area contributed by atoms with Crippen molar-refractivity contribution in [2.75, 3.05) is 30.9 Å². The topological polar surface area (TPSA) is 82.6 Å². The van der Waals surface area contributed by atoms with Crippen molar-refractivity contribution in [3.63, 3.8) is 0 Å². The average Bonchev–Trinajstić information content (AvgIpc) is 3.00. The zero-order valence-electron chi connectivity index (χ0n) is 14.1. The van der Waals surface area contributed by atoms with Crippen LogP contribution in [0.15, 0.2) is 36.5 Å². The van der Waals surface area contributed by atoms with E-state index in [0.29, 0.717) is 12.5 Å². The molecule has 1 aromatic carbocycles. The van der Waals surface area contributed by atoms with E-state index >= 15 is 0 Å². The van der Waals surface area contributed by atoms with Gasteiger partial charge in [-0.2, -0.15) is 5.10 Å². The molecule has 0 spiro atoms. The second kappa shape index (κ2) is 7.08. The summed E-state index contributed by atoms with van der Waals surface area (Å²) in [5, 5.41) is 10.2. The van der Waals surface area contributed by atoms with Crippen LogP contribution in [0.1, 0.15) is 11.6 Å². The molecule has 0 radical (unpaired) electrons. The zero-order valence-corrected chi connectivity index (χ0v) is 14.1. The van der Waals surface area contributed by atoms with Crippen LogP contribution in [0, 0.1) is 6.92 Å². The predicted molar refractivity (Wildman–Crippen MR) is 95.1 cm³/mol. The van der Waals surface area contributed by atoms with Crippen molar-refractivity contribution in [2.24, 2.45) is 0 Å². The minimum absolute atomic E-state index is 0.608. The van der Waals surface area contributed by atoms with Crippen molar-refractivity contribution >= 4 is 11.6 Å². The van der Waals surface area contributed by atoms with Crippen LogP contribution in [0.25, 0.3) is 11.3 Å². The Labute approximate surface area is 141 Å². The van der Waals surface area contributed by atoms with Crippen molar-refractivity contribution in [2.45, 2.75) is 13.3 Å². The van der Waals surface area contributed by atoms with E-state index in [-0.39, 0.29) is 0 Å². The van der Waals surface area contributed by atoms with E-state index in [4.69, 9.17) is 0 Å². The van der Waals surface area contributed by atoms with Gasteiger partial charge in [-0.1, -0.05) is 12.1 Å². The lowest BCUT2D eigenvalue weighted by atomic mass is 10.1. The lowest BCUT2D eigenvalue weighted by molar-refractivity contribution is 0.891. The maximum atomic E-state index is 4.57. The second-order valence-corrected chi connectivity index (χ2v) is 5.72. The van der Waals surface area contributed by atoms with E-state index in [1.165, 1.54) is 0 Å². The quantitative estimate of drug-likeness (QED) is 0.724. The number of H-pyrrole nitrogens is 1. The molecule has 0 fully saturated rings. The van der Waals surface area contributed by atoms with Gasteiger partial charge in [-0.3, -0.25) is 5.10 Å². The van der Waals surface area contributed by atoms with E-state index in [1.54, 1.807) is 6.20 Å². The van der Waals surface area contributed by atoms with Crippen LogP contribution in [-0.2, 0) is 6.42 Å². The molecule has 0 unspecified atom stereocenters. The summed E-state index contributed by atoms with van der Waals surface area (Å²) in [4.78, 5) is 15.2. The van der Waals surface area contributed by atoms with Crippen molar-refractivity contribution in [1.82, 2.24) is 25.1 Å². The lowest BCUT2D eigenvalue weighted by Gasteiger charge is -2.12. The summed E-state index contributed by atoms with van der Waals surface area (Å²) in [5.41, 5.74) is 3.12. The minimum Gasteiger partial charge on any atom is -0.378 e. The van der Waals surface area contributed by atoms with Crippen LogP contribution < -0.4 is 10.2 Å². The van der Waals surface area contributed by atoms with Gasteiger partial charge in [0.15, 0.2) is 5.82 Å². The number of nitrogens with one attached hydrogen (secondary N) is 2. The second-order valence-electron chi connectivity index (χ2n) is 5.72. The number of aromatic amines is 1. The highest BCUT2D eigenvalue weighted by Gasteiger charge is 2.04. The Bertz CT molecular complexity index is 793. The minimum atomic E-state index is 0.608. The number of aromatic nitrogens is 5. The standard InChI is InChI=1S/C17H21N7/c1-12-20-16(23-22-12)9-11-19-17-18-10-8-15(21-17)13-4-6-14(7-5-13)24(2)3/h4-8,10H,9,11H2,1-3H3,(H,18,19,21)(H,20,22,23). The largest absolute Gasteiger partial charge is 0.378 e. The van der Waals surface area contributed by atoms with E-state index in [0.717, 1.165) is 35.0 Å². The molecule has 7 heteroatoms. The first-order valence-electron chi connectivity index (χ1n) is 7.84. The summed E-state index contributed by atoms with van der Waals surface area (Å²) in [6.07, 6.45) is 2.48. The first-order valence-corrected chi connectivity index (χ1v) is 7.84. The lowest BCUT2D eigenvalue weighted by Crippen LogP contribution is -2.09. The first kappa shape index (κ1) is 15.9. The van der Waals surface area contributed by atoms with E-state index < -0.39 is 0 Å².